The Labute approximate surface area is 167 Å². The van der Waals surface area contributed by atoms with Crippen molar-refractivity contribution in [3.63, 3.8) is 0 Å². The second-order valence-corrected chi connectivity index (χ2v) is 8.03. The normalized spacial score (nSPS) is 19.5. The molecule has 0 aliphatic carbocycles. The highest BCUT2D eigenvalue weighted by Crippen LogP contribution is 2.11. The monoisotopic (exact) mass is 398 g/mol. The summed E-state index contributed by atoms with van der Waals surface area (Å²) < 4.78 is 16.8. The lowest BCUT2D eigenvalue weighted by Crippen LogP contribution is -2.54. The minimum Gasteiger partial charge on any atom is -0.444 e. The number of nitrogens with one attached hydrogen (secondary N) is 1. The molecule has 1 unspecified atom stereocenters. The Balaban J connectivity index is 1.93. The second kappa shape index (κ2) is 10.9. The van der Waals surface area contributed by atoms with E-state index in [1.807, 2.05) is 51.1 Å². The Morgan fingerprint density at radius 3 is 2.78 bits per heavy atom. The average molecular weight is 399 g/mol. The predicted octanol–water partition coefficient (Wildman–Crippen LogP) is 3.04. The van der Waals surface area contributed by atoms with Crippen LogP contribution in [0.15, 0.2) is 30.3 Å². The Morgan fingerprint density at radius 2 is 2.11 bits per heavy atom. The standard InChI is InChI=1S/C20H31ClN2O4/c1-20(2,3)27-19(24)22-17(12-23-9-10-25-15-18(23)11-21)14-26-13-16-7-5-4-6-8-16/h4-8,17-18H,9-15H2,1-3H3,(H,22,24)/t17-,18?/m0/s1. The van der Waals surface area contributed by atoms with Gasteiger partial charge in [-0.2, -0.15) is 0 Å². The fourth-order valence-electron chi connectivity index (χ4n) is 2.86. The third-order valence-corrected chi connectivity index (χ3v) is 4.49. The van der Waals surface area contributed by atoms with Crippen molar-refractivity contribution < 1.29 is 19.0 Å². The highest BCUT2D eigenvalue weighted by molar-refractivity contribution is 6.18. The van der Waals surface area contributed by atoms with E-state index in [1.54, 1.807) is 0 Å². The van der Waals surface area contributed by atoms with Crippen LogP contribution in [0, 0.1) is 0 Å². The number of amides is 1. The summed E-state index contributed by atoms with van der Waals surface area (Å²) in [7, 11) is 0. The van der Waals surface area contributed by atoms with E-state index in [9.17, 15) is 4.79 Å². The number of halogens is 1. The van der Waals surface area contributed by atoms with Crippen molar-refractivity contribution in [3.8, 4) is 0 Å². The number of rotatable bonds is 8. The molecule has 1 saturated heterocycles. The van der Waals surface area contributed by atoms with Gasteiger partial charge in [0.1, 0.15) is 5.60 Å². The molecular formula is C20H31ClN2O4. The first-order valence-electron chi connectivity index (χ1n) is 9.36. The van der Waals surface area contributed by atoms with Gasteiger partial charge in [-0.25, -0.2) is 4.79 Å². The van der Waals surface area contributed by atoms with Gasteiger partial charge in [-0.1, -0.05) is 30.3 Å². The van der Waals surface area contributed by atoms with Crippen LogP contribution in [0.4, 0.5) is 4.79 Å². The van der Waals surface area contributed by atoms with Crippen molar-refractivity contribution in [1.29, 1.82) is 0 Å². The topological polar surface area (TPSA) is 60.0 Å². The third kappa shape index (κ3) is 8.47. The van der Waals surface area contributed by atoms with Gasteiger partial charge < -0.3 is 19.5 Å². The summed E-state index contributed by atoms with van der Waals surface area (Å²) in [5.74, 6) is 0.490. The van der Waals surface area contributed by atoms with Gasteiger partial charge in [0.2, 0.25) is 0 Å². The number of alkyl carbamates (subject to hydrolysis) is 1. The number of carbonyl (C=O) groups excluding carboxylic acids is 1. The summed E-state index contributed by atoms with van der Waals surface area (Å²) >= 11 is 6.07. The van der Waals surface area contributed by atoms with Crippen molar-refractivity contribution in [1.82, 2.24) is 10.2 Å². The van der Waals surface area contributed by atoms with Gasteiger partial charge in [-0.05, 0) is 26.3 Å². The summed E-state index contributed by atoms with van der Waals surface area (Å²) in [5.41, 5.74) is 0.551. The van der Waals surface area contributed by atoms with Crippen LogP contribution in [-0.2, 0) is 20.8 Å². The zero-order valence-corrected chi connectivity index (χ0v) is 17.2. The number of carbonyl (C=O) groups is 1. The summed E-state index contributed by atoms with van der Waals surface area (Å²) in [6, 6.07) is 9.90. The quantitative estimate of drug-likeness (QED) is 0.682. The first kappa shape index (κ1) is 22.0. The van der Waals surface area contributed by atoms with Crippen LogP contribution in [0.5, 0.6) is 0 Å². The van der Waals surface area contributed by atoms with Gasteiger partial charge >= 0.3 is 6.09 Å². The van der Waals surface area contributed by atoms with E-state index in [4.69, 9.17) is 25.8 Å². The molecule has 0 bridgehead atoms. The smallest absolute Gasteiger partial charge is 0.407 e. The minimum absolute atomic E-state index is 0.137. The number of benzene rings is 1. The van der Waals surface area contributed by atoms with Gasteiger partial charge in [0.05, 0.1) is 32.5 Å². The molecule has 1 aromatic rings. The maximum Gasteiger partial charge on any atom is 0.407 e. The highest BCUT2D eigenvalue weighted by Gasteiger charge is 2.27. The van der Waals surface area contributed by atoms with Gasteiger partial charge in [-0.15, -0.1) is 11.6 Å². The van der Waals surface area contributed by atoms with Gasteiger partial charge in [0, 0.05) is 25.0 Å². The molecule has 2 atom stereocenters. The van der Waals surface area contributed by atoms with Crippen molar-refractivity contribution >= 4 is 17.7 Å². The molecule has 27 heavy (non-hydrogen) atoms. The van der Waals surface area contributed by atoms with Crippen LogP contribution in [0.1, 0.15) is 26.3 Å². The molecule has 2 rings (SSSR count). The van der Waals surface area contributed by atoms with E-state index in [1.165, 1.54) is 0 Å². The minimum atomic E-state index is -0.544. The van der Waals surface area contributed by atoms with Crippen molar-refractivity contribution in [3.05, 3.63) is 35.9 Å². The molecule has 0 radical (unpaired) electrons. The Bertz CT molecular complexity index is 565. The number of nitrogens with zero attached hydrogens (tertiary/aromatic N) is 1. The number of morpholine rings is 1. The van der Waals surface area contributed by atoms with E-state index >= 15 is 0 Å². The van der Waals surface area contributed by atoms with Crippen LogP contribution in [0.25, 0.3) is 0 Å². The van der Waals surface area contributed by atoms with Crippen molar-refractivity contribution in [2.24, 2.45) is 0 Å². The summed E-state index contributed by atoms with van der Waals surface area (Å²) in [6.45, 7) is 9.11. The fraction of sp³-hybridized carbons (Fsp3) is 0.650. The lowest BCUT2D eigenvalue weighted by Gasteiger charge is -2.37. The van der Waals surface area contributed by atoms with Gasteiger partial charge in [-0.3, -0.25) is 4.90 Å². The maximum absolute atomic E-state index is 12.2. The lowest BCUT2D eigenvalue weighted by atomic mass is 10.2. The zero-order valence-electron chi connectivity index (χ0n) is 16.4. The lowest BCUT2D eigenvalue weighted by molar-refractivity contribution is -0.0121. The number of ether oxygens (including phenoxy) is 3. The van der Waals surface area contributed by atoms with Crippen LogP contribution < -0.4 is 5.32 Å². The second-order valence-electron chi connectivity index (χ2n) is 7.72. The molecule has 0 saturated carbocycles. The molecule has 7 heteroatoms. The molecule has 0 spiro atoms. The Hall–Kier alpha value is -1.34. The zero-order chi connectivity index (χ0) is 19.7. The fourth-order valence-corrected chi connectivity index (χ4v) is 3.15. The Kier molecular flexibility index (Phi) is 8.83. The molecule has 152 valence electrons. The van der Waals surface area contributed by atoms with Crippen LogP contribution in [-0.4, -0.2) is 67.5 Å². The van der Waals surface area contributed by atoms with Crippen molar-refractivity contribution in [2.45, 2.75) is 45.1 Å². The molecule has 1 amide bonds. The van der Waals surface area contributed by atoms with Gasteiger partial charge in [0.15, 0.2) is 0 Å². The predicted molar refractivity (Wildman–Crippen MR) is 106 cm³/mol. The molecule has 1 heterocycles. The average Bonchev–Trinajstić information content (AvgIpc) is 2.61. The van der Waals surface area contributed by atoms with Crippen molar-refractivity contribution in [2.75, 3.05) is 38.8 Å². The van der Waals surface area contributed by atoms with E-state index in [0.717, 1.165) is 12.1 Å². The molecule has 1 N–H and O–H groups in total. The van der Waals surface area contributed by atoms with E-state index < -0.39 is 11.7 Å². The maximum atomic E-state index is 12.2. The van der Waals surface area contributed by atoms with Gasteiger partial charge in [0.25, 0.3) is 0 Å². The van der Waals surface area contributed by atoms with Crippen LogP contribution >= 0.6 is 11.6 Å². The number of hydrogen-bond acceptors (Lipinski definition) is 5. The molecule has 6 nitrogen and oxygen atoms in total. The Morgan fingerprint density at radius 1 is 1.37 bits per heavy atom. The summed E-state index contributed by atoms with van der Waals surface area (Å²) in [5, 5.41) is 2.94. The SMILES string of the molecule is CC(C)(C)OC(=O)N[C@H](COCc1ccccc1)CN1CCOCC1CCl. The van der Waals surface area contributed by atoms with E-state index in [2.05, 4.69) is 10.2 Å². The molecule has 1 aromatic carbocycles. The molecule has 0 aromatic heterocycles. The first-order chi connectivity index (χ1) is 12.9. The molecule has 1 fully saturated rings. The molecular weight excluding hydrogens is 368 g/mol. The van der Waals surface area contributed by atoms with E-state index in [-0.39, 0.29) is 12.1 Å². The largest absolute Gasteiger partial charge is 0.444 e. The first-order valence-corrected chi connectivity index (χ1v) is 9.90. The summed E-state index contributed by atoms with van der Waals surface area (Å²) in [6.07, 6.45) is -0.438. The highest BCUT2D eigenvalue weighted by atomic mass is 35.5. The summed E-state index contributed by atoms with van der Waals surface area (Å²) in [4.78, 5) is 14.5. The molecule has 1 aliphatic rings. The van der Waals surface area contributed by atoms with Crippen LogP contribution in [0.2, 0.25) is 0 Å². The van der Waals surface area contributed by atoms with Crippen LogP contribution in [0.3, 0.4) is 0 Å². The molecule has 1 aliphatic heterocycles. The number of hydrogen-bond donors (Lipinski definition) is 1. The third-order valence-electron chi connectivity index (χ3n) is 4.13. The van der Waals surface area contributed by atoms with E-state index in [0.29, 0.717) is 38.9 Å². The number of alkyl halides is 1.